The molecule has 0 aliphatic heterocycles. The average molecular weight is 253 g/mol. The van der Waals surface area contributed by atoms with E-state index in [1.165, 1.54) is 6.07 Å². The number of ether oxygens (including phenoxy) is 1. The number of benzene rings is 1. The Hall–Kier alpha value is -0.930. The van der Waals surface area contributed by atoms with Crippen LogP contribution in [-0.4, -0.2) is 27.3 Å². The minimum absolute atomic E-state index is 0.143. The number of halogens is 1. The molecule has 0 heterocycles. The Morgan fingerprint density at radius 1 is 1.33 bits per heavy atom. The van der Waals surface area contributed by atoms with E-state index in [0.29, 0.717) is 5.92 Å². The van der Waals surface area contributed by atoms with Crippen LogP contribution < -0.4 is 5.32 Å². The predicted octanol–water partition coefficient (Wildman–Crippen LogP) is 3.02. The lowest BCUT2D eigenvalue weighted by molar-refractivity contribution is 0.190. The maximum atomic E-state index is 13.1. The standard InChI is InChI=1S/C15H24FNO/c1-17-12-14(6-3-4-9-18-2)10-13-7-5-8-15(16)11-13/h5,7-8,11,14,17H,3-4,6,9-10,12H2,1-2H3. The molecule has 1 unspecified atom stereocenters. The fraction of sp³-hybridized carbons (Fsp3) is 0.600. The summed E-state index contributed by atoms with van der Waals surface area (Å²) in [5.74, 6) is 0.420. The van der Waals surface area contributed by atoms with E-state index in [-0.39, 0.29) is 5.82 Å². The molecule has 0 spiro atoms. The van der Waals surface area contributed by atoms with Crippen molar-refractivity contribution in [2.75, 3.05) is 27.3 Å². The first-order valence-corrected chi connectivity index (χ1v) is 6.64. The van der Waals surface area contributed by atoms with Gasteiger partial charge in [-0.05, 0) is 56.5 Å². The van der Waals surface area contributed by atoms with E-state index < -0.39 is 0 Å². The number of hydrogen-bond acceptors (Lipinski definition) is 2. The monoisotopic (exact) mass is 253 g/mol. The number of hydrogen-bond donors (Lipinski definition) is 1. The molecule has 0 aliphatic carbocycles. The molecule has 2 nitrogen and oxygen atoms in total. The molecule has 3 heteroatoms. The largest absolute Gasteiger partial charge is 0.385 e. The first-order valence-electron chi connectivity index (χ1n) is 6.64. The summed E-state index contributed by atoms with van der Waals surface area (Å²) >= 11 is 0. The third-order valence-electron chi connectivity index (χ3n) is 3.12. The normalized spacial score (nSPS) is 12.6. The molecule has 0 saturated carbocycles. The Labute approximate surface area is 110 Å². The molecule has 0 aromatic heterocycles. The van der Waals surface area contributed by atoms with Crippen LogP contribution in [0.1, 0.15) is 24.8 Å². The van der Waals surface area contributed by atoms with Crippen molar-refractivity contribution >= 4 is 0 Å². The molecular weight excluding hydrogens is 229 g/mol. The Morgan fingerprint density at radius 3 is 2.83 bits per heavy atom. The smallest absolute Gasteiger partial charge is 0.123 e. The highest BCUT2D eigenvalue weighted by atomic mass is 19.1. The molecule has 1 rings (SSSR count). The van der Waals surface area contributed by atoms with Crippen molar-refractivity contribution in [1.29, 1.82) is 0 Å². The van der Waals surface area contributed by atoms with E-state index >= 15 is 0 Å². The molecule has 18 heavy (non-hydrogen) atoms. The fourth-order valence-corrected chi connectivity index (χ4v) is 2.24. The summed E-state index contributed by atoms with van der Waals surface area (Å²) in [6.45, 7) is 1.80. The molecule has 0 radical (unpaired) electrons. The molecule has 0 saturated heterocycles. The highest BCUT2D eigenvalue weighted by molar-refractivity contribution is 5.16. The second-order valence-corrected chi connectivity index (χ2v) is 4.75. The van der Waals surface area contributed by atoms with Gasteiger partial charge in [0.1, 0.15) is 5.82 Å². The molecule has 1 aromatic carbocycles. The topological polar surface area (TPSA) is 21.3 Å². The zero-order chi connectivity index (χ0) is 13.2. The number of nitrogens with one attached hydrogen (secondary N) is 1. The Balaban J connectivity index is 2.41. The number of methoxy groups -OCH3 is 1. The zero-order valence-corrected chi connectivity index (χ0v) is 11.4. The second kappa shape index (κ2) is 9.06. The van der Waals surface area contributed by atoms with Gasteiger partial charge in [-0.1, -0.05) is 18.6 Å². The summed E-state index contributed by atoms with van der Waals surface area (Å²) in [7, 11) is 3.70. The van der Waals surface area contributed by atoms with Crippen molar-refractivity contribution in [2.24, 2.45) is 5.92 Å². The summed E-state index contributed by atoms with van der Waals surface area (Å²) < 4.78 is 18.2. The molecule has 0 fully saturated rings. The second-order valence-electron chi connectivity index (χ2n) is 4.75. The van der Waals surface area contributed by atoms with Crippen LogP contribution in [0.3, 0.4) is 0 Å². The third kappa shape index (κ3) is 6.12. The highest BCUT2D eigenvalue weighted by Crippen LogP contribution is 2.15. The Morgan fingerprint density at radius 2 is 2.17 bits per heavy atom. The van der Waals surface area contributed by atoms with Crippen LogP contribution in [0, 0.1) is 11.7 Å². The Bertz CT molecular complexity index is 330. The fourth-order valence-electron chi connectivity index (χ4n) is 2.24. The SMILES string of the molecule is CNCC(CCCCOC)Cc1cccc(F)c1. The van der Waals surface area contributed by atoms with Crippen LogP contribution in [-0.2, 0) is 11.2 Å². The van der Waals surface area contributed by atoms with E-state index in [0.717, 1.165) is 44.4 Å². The van der Waals surface area contributed by atoms with E-state index in [9.17, 15) is 4.39 Å². The third-order valence-corrected chi connectivity index (χ3v) is 3.12. The van der Waals surface area contributed by atoms with E-state index in [1.54, 1.807) is 19.2 Å². The first-order chi connectivity index (χ1) is 8.76. The Kier molecular flexibility index (Phi) is 7.62. The summed E-state index contributed by atoms with van der Waals surface area (Å²) in [6, 6.07) is 6.92. The molecule has 1 atom stereocenters. The van der Waals surface area contributed by atoms with Crippen LogP contribution in [0.15, 0.2) is 24.3 Å². The lowest BCUT2D eigenvalue weighted by atomic mass is 9.94. The quantitative estimate of drug-likeness (QED) is 0.683. The molecule has 0 amide bonds. The average Bonchev–Trinajstić information content (AvgIpc) is 2.35. The van der Waals surface area contributed by atoms with Crippen LogP contribution in [0.2, 0.25) is 0 Å². The molecule has 1 aromatic rings. The minimum atomic E-state index is -0.143. The summed E-state index contributed by atoms with van der Waals surface area (Å²) in [5, 5.41) is 3.22. The minimum Gasteiger partial charge on any atom is -0.385 e. The van der Waals surface area contributed by atoms with Gasteiger partial charge in [-0.15, -0.1) is 0 Å². The summed E-state index contributed by atoms with van der Waals surface area (Å²) in [5.41, 5.74) is 1.09. The van der Waals surface area contributed by atoms with Crippen molar-refractivity contribution in [3.8, 4) is 0 Å². The van der Waals surface area contributed by atoms with Gasteiger partial charge in [0, 0.05) is 13.7 Å². The molecular formula is C15H24FNO. The van der Waals surface area contributed by atoms with Gasteiger partial charge >= 0.3 is 0 Å². The number of rotatable bonds is 9. The van der Waals surface area contributed by atoms with Gasteiger partial charge in [-0.2, -0.15) is 0 Å². The van der Waals surface area contributed by atoms with Gasteiger partial charge in [-0.25, -0.2) is 4.39 Å². The van der Waals surface area contributed by atoms with Crippen LogP contribution >= 0.6 is 0 Å². The molecule has 0 aliphatic rings. The van der Waals surface area contributed by atoms with Gasteiger partial charge in [0.2, 0.25) is 0 Å². The first kappa shape index (κ1) is 15.1. The summed E-state index contributed by atoms with van der Waals surface area (Å²) in [6.07, 6.45) is 4.35. The molecule has 0 bridgehead atoms. The van der Waals surface area contributed by atoms with Crippen LogP contribution in [0.5, 0.6) is 0 Å². The van der Waals surface area contributed by atoms with E-state index in [4.69, 9.17) is 4.74 Å². The van der Waals surface area contributed by atoms with E-state index in [1.807, 2.05) is 13.1 Å². The maximum absolute atomic E-state index is 13.1. The predicted molar refractivity (Wildman–Crippen MR) is 73.2 cm³/mol. The highest BCUT2D eigenvalue weighted by Gasteiger charge is 2.09. The van der Waals surface area contributed by atoms with Crippen molar-refractivity contribution < 1.29 is 9.13 Å². The summed E-state index contributed by atoms with van der Waals surface area (Å²) in [4.78, 5) is 0. The zero-order valence-electron chi connectivity index (χ0n) is 11.4. The van der Waals surface area contributed by atoms with Gasteiger partial charge in [-0.3, -0.25) is 0 Å². The van der Waals surface area contributed by atoms with Crippen molar-refractivity contribution in [2.45, 2.75) is 25.7 Å². The van der Waals surface area contributed by atoms with Gasteiger partial charge < -0.3 is 10.1 Å². The number of unbranched alkanes of at least 4 members (excludes halogenated alkanes) is 1. The lowest BCUT2D eigenvalue weighted by Crippen LogP contribution is -2.21. The lowest BCUT2D eigenvalue weighted by Gasteiger charge is -2.16. The maximum Gasteiger partial charge on any atom is 0.123 e. The van der Waals surface area contributed by atoms with Gasteiger partial charge in [0.05, 0.1) is 0 Å². The van der Waals surface area contributed by atoms with Crippen molar-refractivity contribution in [3.63, 3.8) is 0 Å². The molecule has 102 valence electrons. The van der Waals surface area contributed by atoms with Crippen molar-refractivity contribution in [3.05, 3.63) is 35.6 Å². The van der Waals surface area contributed by atoms with Crippen molar-refractivity contribution in [1.82, 2.24) is 5.32 Å². The molecule has 1 N–H and O–H groups in total. The van der Waals surface area contributed by atoms with Gasteiger partial charge in [0.15, 0.2) is 0 Å². The van der Waals surface area contributed by atoms with Crippen LogP contribution in [0.25, 0.3) is 0 Å². The van der Waals surface area contributed by atoms with Crippen LogP contribution in [0.4, 0.5) is 4.39 Å². The van der Waals surface area contributed by atoms with E-state index in [2.05, 4.69) is 5.32 Å². The van der Waals surface area contributed by atoms with Gasteiger partial charge in [0.25, 0.3) is 0 Å².